The summed E-state index contributed by atoms with van der Waals surface area (Å²) in [6.45, 7) is 21.3. The molecule has 0 aliphatic rings. The fourth-order valence-electron chi connectivity index (χ4n) is 4.77. The van der Waals surface area contributed by atoms with Gasteiger partial charge in [-0.15, -0.1) is 0 Å². The molecule has 0 aromatic heterocycles. The summed E-state index contributed by atoms with van der Waals surface area (Å²) in [6, 6.07) is 0. The molecule has 0 nitrogen and oxygen atoms in total. The normalized spacial score (nSPS) is 14.1. The SMILES string of the molecule is CC(C)(C)[BH-](C(C)(C)C)C(C)(C)C.[Li+]. The molecule has 0 heterocycles. The van der Waals surface area contributed by atoms with Crippen LogP contribution in [0.15, 0.2) is 0 Å². The Labute approximate surface area is 104 Å². The monoisotopic (exact) mass is 190 g/mol. The van der Waals surface area contributed by atoms with Crippen LogP contribution in [0, 0.1) is 0 Å². The second kappa shape index (κ2) is 4.67. The maximum Gasteiger partial charge on any atom is 1.00 e. The minimum absolute atomic E-state index is 0. The molecule has 0 amide bonds. The summed E-state index contributed by atoms with van der Waals surface area (Å²) in [7, 11) is 0. The van der Waals surface area contributed by atoms with Gasteiger partial charge >= 0.3 is 18.9 Å². The fraction of sp³-hybridized carbons (Fsp3) is 1.00. The molecule has 0 spiro atoms. The third kappa shape index (κ3) is 4.94. The van der Waals surface area contributed by atoms with Crippen LogP contribution in [0.2, 0.25) is 15.9 Å². The molecule has 0 rings (SSSR count). The van der Waals surface area contributed by atoms with Crippen LogP contribution in [-0.2, 0) is 0 Å². The molecule has 0 fully saturated rings. The van der Waals surface area contributed by atoms with Crippen LogP contribution in [0.5, 0.6) is 0 Å². The minimum atomic E-state index is -0.188. The van der Waals surface area contributed by atoms with E-state index in [1.165, 1.54) is 0 Å². The van der Waals surface area contributed by atoms with Crippen LogP contribution < -0.4 is 18.9 Å². The van der Waals surface area contributed by atoms with Gasteiger partial charge in [-0.3, -0.25) is 0 Å². The smallest absolute Gasteiger partial charge is 0.165 e. The zero-order chi connectivity index (χ0) is 11.1. The Hall–Kier alpha value is 0.662. The van der Waals surface area contributed by atoms with E-state index >= 15 is 0 Å². The van der Waals surface area contributed by atoms with Crippen LogP contribution in [-0.4, -0.2) is 6.71 Å². The third-order valence-corrected chi connectivity index (χ3v) is 3.18. The first-order chi connectivity index (χ1) is 5.37. The van der Waals surface area contributed by atoms with Crippen LogP contribution in [0.1, 0.15) is 62.3 Å². The van der Waals surface area contributed by atoms with Gasteiger partial charge in [-0.05, 0) is 6.71 Å². The quantitative estimate of drug-likeness (QED) is 0.509. The van der Waals surface area contributed by atoms with Crippen LogP contribution >= 0.6 is 0 Å². The van der Waals surface area contributed by atoms with Crippen molar-refractivity contribution >= 4 is 6.71 Å². The molecule has 0 atom stereocenters. The molecule has 0 unspecified atom stereocenters. The molecule has 0 saturated heterocycles. The van der Waals surface area contributed by atoms with E-state index in [-0.39, 0.29) is 25.6 Å². The summed E-state index contributed by atoms with van der Waals surface area (Å²) in [5.41, 5.74) is 0. The van der Waals surface area contributed by atoms with Crippen LogP contribution in [0.4, 0.5) is 0 Å². The van der Waals surface area contributed by atoms with Gasteiger partial charge in [0.2, 0.25) is 0 Å². The molecule has 0 aliphatic carbocycles. The van der Waals surface area contributed by atoms with Gasteiger partial charge in [0.25, 0.3) is 0 Å². The molecular formula is C12H28BLi. The zero-order valence-corrected chi connectivity index (χ0v) is 12.2. The van der Waals surface area contributed by atoms with Gasteiger partial charge in [0.05, 0.1) is 0 Å². The predicted molar refractivity (Wildman–Crippen MR) is 66.3 cm³/mol. The standard InChI is InChI=1S/C12H28B.Li/c1-10(2,3)13(11(4,5)6)12(7,8)9;/h13H,1-9H3;/q-1;+1. The van der Waals surface area contributed by atoms with E-state index in [1.54, 1.807) is 0 Å². The Balaban J connectivity index is 0. The van der Waals surface area contributed by atoms with Crippen molar-refractivity contribution in [1.82, 2.24) is 0 Å². The first kappa shape index (κ1) is 17.1. The topological polar surface area (TPSA) is 0 Å². The van der Waals surface area contributed by atoms with Crippen molar-refractivity contribution in [3.8, 4) is 0 Å². The van der Waals surface area contributed by atoms with Gasteiger partial charge in [-0.25, -0.2) is 0 Å². The number of hydrogen-bond donors (Lipinski definition) is 0. The first-order valence-corrected chi connectivity index (χ1v) is 5.56. The fourth-order valence-corrected chi connectivity index (χ4v) is 4.77. The van der Waals surface area contributed by atoms with Crippen molar-refractivity contribution in [3.05, 3.63) is 0 Å². The van der Waals surface area contributed by atoms with Gasteiger partial charge in [0.15, 0.2) is 0 Å². The third-order valence-electron chi connectivity index (χ3n) is 3.18. The molecule has 0 radical (unpaired) electrons. The van der Waals surface area contributed by atoms with Crippen molar-refractivity contribution in [3.63, 3.8) is 0 Å². The Morgan fingerprint density at radius 2 is 0.643 bits per heavy atom. The molecule has 0 aromatic carbocycles. The van der Waals surface area contributed by atoms with Crippen molar-refractivity contribution < 1.29 is 18.9 Å². The molecule has 0 aromatic rings. The van der Waals surface area contributed by atoms with E-state index in [1.807, 2.05) is 0 Å². The average Bonchev–Trinajstić information content (AvgIpc) is 1.44. The van der Waals surface area contributed by atoms with E-state index in [0.717, 1.165) is 0 Å². The van der Waals surface area contributed by atoms with E-state index in [0.29, 0.717) is 15.9 Å². The summed E-state index contributed by atoms with van der Waals surface area (Å²) < 4.78 is 0. The average molecular weight is 190 g/mol. The summed E-state index contributed by atoms with van der Waals surface area (Å²) in [6.07, 6.45) is 0. The van der Waals surface area contributed by atoms with Gasteiger partial charge < -0.3 is 0 Å². The van der Waals surface area contributed by atoms with E-state index in [9.17, 15) is 0 Å². The van der Waals surface area contributed by atoms with Crippen molar-refractivity contribution in [2.24, 2.45) is 0 Å². The van der Waals surface area contributed by atoms with Gasteiger partial charge in [-0.2, -0.15) is 15.9 Å². The van der Waals surface area contributed by atoms with Gasteiger partial charge in [0.1, 0.15) is 0 Å². The Bertz CT molecular complexity index is 133. The summed E-state index contributed by atoms with van der Waals surface area (Å²) in [5.74, 6) is 0. The molecular weight excluding hydrogens is 162 g/mol. The number of rotatable bonds is 0. The van der Waals surface area contributed by atoms with Crippen molar-refractivity contribution in [2.45, 2.75) is 78.3 Å². The largest absolute Gasteiger partial charge is 1.00 e. The summed E-state index contributed by atoms with van der Waals surface area (Å²) in [4.78, 5) is 0. The molecule has 2 heteroatoms. The maximum atomic E-state index is 2.39. The molecule has 0 bridgehead atoms. The van der Waals surface area contributed by atoms with Crippen LogP contribution in [0.25, 0.3) is 0 Å². The Morgan fingerprint density at radius 1 is 0.500 bits per heavy atom. The maximum absolute atomic E-state index is 2.39. The first-order valence-electron chi connectivity index (χ1n) is 5.56. The Kier molecular flexibility index (Phi) is 5.69. The molecule has 0 saturated carbocycles. The zero-order valence-electron chi connectivity index (χ0n) is 12.2. The van der Waals surface area contributed by atoms with Gasteiger partial charge in [0, 0.05) is 0 Å². The molecule has 80 valence electrons. The molecule has 0 aliphatic heterocycles. The minimum Gasteiger partial charge on any atom is -0.165 e. The summed E-state index contributed by atoms with van der Waals surface area (Å²) >= 11 is 0. The summed E-state index contributed by atoms with van der Waals surface area (Å²) in [5, 5.41) is 1.41. The predicted octanol–water partition coefficient (Wildman–Crippen LogP) is 1.62. The second-order valence-electron chi connectivity index (χ2n) is 8.21. The Morgan fingerprint density at radius 3 is 0.643 bits per heavy atom. The van der Waals surface area contributed by atoms with E-state index in [2.05, 4.69) is 62.3 Å². The molecule has 0 N–H and O–H groups in total. The van der Waals surface area contributed by atoms with Crippen molar-refractivity contribution in [2.75, 3.05) is 0 Å². The van der Waals surface area contributed by atoms with Crippen molar-refractivity contribution in [1.29, 1.82) is 0 Å². The molecule has 14 heavy (non-hydrogen) atoms. The van der Waals surface area contributed by atoms with Gasteiger partial charge in [-0.1, -0.05) is 62.3 Å². The van der Waals surface area contributed by atoms with E-state index in [4.69, 9.17) is 0 Å². The number of hydrogen-bond acceptors (Lipinski definition) is 0. The van der Waals surface area contributed by atoms with Crippen LogP contribution in [0.3, 0.4) is 0 Å². The second-order valence-corrected chi connectivity index (χ2v) is 8.21. The van der Waals surface area contributed by atoms with E-state index < -0.39 is 0 Å².